The molecule has 0 saturated heterocycles. The fourth-order valence-electron chi connectivity index (χ4n) is 1.30. The second kappa shape index (κ2) is 7.27. The van der Waals surface area contributed by atoms with Gasteiger partial charge in [-0.3, -0.25) is 9.79 Å². The Morgan fingerprint density at radius 1 is 1.29 bits per heavy atom. The molecule has 0 spiro atoms. The van der Waals surface area contributed by atoms with Gasteiger partial charge in [0, 0.05) is 13.6 Å². The number of guanidine groups is 1. The van der Waals surface area contributed by atoms with Crippen molar-refractivity contribution in [3.05, 3.63) is 35.9 Å². The summed E-state index contributed by atoms with van der Waals surface area (Å²) in [6.07, 6.45) is 0.823. The van der Waals surface area contributed by atoms with E-state index in [4.69, 9.17) is 5.73 Å². The number of carbonyl (C=O) groups is 1. The summed E-state index contributed by atoms with van der Waals surface area (Å²) >= 11 is 0. The van der Waals surface area contributed by atoms with E-state index in [1.807, 2.05) is 30.3 Å². The Hall–Kier alpha value is -2.04. The smallest absolute Gasteiger partial charge is 0.239 e. The Morgan fingerprint density at radius 2 is 2.00 bits per heavy atom. The molecular weight excluding hydrogens is 216 g/mol. The van der Waals surface area contributed by atoms with Gasteiger partial charge in [0.05, 0.1) is 6.54 Å². The van der Waals surface area contributed by atoms with Crippen LogP contribution in [0.4, 0.5) is 0 Å². The molecular formula is C12H18N4O. The number of hydrogen-bond donors (Lipinski definition) is 3. The van der Waals surface area contributed by atoms with Gasteiger partial charge in [-0.05, 0) is 12.0 Å². The van der Waals surface area contributed by atoms with Gasteiger partial charge in [0.1, 0.15) is 0 Å². The van der Waals surface area contributed by atoms with Gasteiger partial charge in [-0.25, -0.2) is 0 Å². The average molecular weight is 234 g/mol. The molecule has 1 aromatic carbocycles. The van der Waals surface area contributed by atoms with Crippen molar-refractivity contribution in [1.29, 1.82) is 0 Å². The van der Waals surface area contributed by atoms with Crippen molar-refractivity contribution in [2.24, 2.45) is 10.7 Å². The molecule has 0 bridgehead atoms. The van der Waals surface area contributed by atoms with Crippen LogP contribution >= 0.6 is 0 Å². The molecule has 0 fully saturated rings. The second-order valence-corrected chi connectivity index (χ2v) is 3.55. The summed E-state index contributed by atoms with van der Waals surface area (Å²) in [7, 11) is 1.57. The molecule has 0 aliphatic rings. The monoisotopic (exact) mass is 234 g/mol. The van der Waals surface area contributed by atoms with E-state index >= 15 is 0 Å². The highest BCUT2D eigenvalue weighted by Gasteiger charge is 2.00. The predicted octanol–water partition coefficient (Wildman–Crippen LogP) is -0.121. The number of carbonyl (C=O) groups excluding carboxylic acids is 1. The Morgan fingerprint density at radius 3 is 2.65 bits per heavy atom. The largest absolute Gasteiger partial charge is 0.370 e. The van der Waals surface area contributed by atoms with Crippen LogP contribution < -0.4 is 16.4 Å². The van der Waals surface area contributed by atoms with Crippen LogP contribution in [0.5, 0.6) is 0 Å². The zero-order valence-corrected chi connectivity index (χ0v) is 9.94. The fraction of sp³-hybridized carbons (Fsp3) is 0.333. The summed E-state index contributed by atoms with van der Waals surface area (Å²) in [5.74, 6) is 0.177. The van der Waals surface area contributed by atoms with Gasteiger partial charge in [-0.15, -0.1) is 0 Å². The lowest BCUT2D eigenvalue weighted by Crippen LogP contribution is -2.40. The van der Waals surface area contributed by atoms with E-state index in [0.717, 1.165) is 6.42 Å². The van der Waals surface area contributed by atoms with E-state index in [-0.39, 0.29) is 18.4 Å². The molecule has 1 rings (SSSR count). The van der Waals surface area contributed by atoms with Gasteiger partial charge in [-0.2, -0.15) is 0 Å². The lowest BCUT2D eigenvalue weighted by Gasteiger charge is -2.06. The topological polar surface area (TPSA) is 79.5 Å². The van der Waals surface area contributed by atoms with E-state index in [2.05, 4.69) is 15.6 Å². The van der Waals surface area contributed by atoms with Crippen molar-refractivity contribution in [3.63, 3.8) is 0 Å². The van der Waals surface area contributed by atoms with Crippen molar-refractivity contribution in [3.8, 4) is 0 Å². The number of aliphatic imine (C=N–C) groups is 1. The Balaban J connectivity index is 2.16. The molecule has 5 nitrogen and oxygen atoms in total. The number of amides is 1. The molecule has 0 heterocycles. The number of hydrogen-bond acceptors (Lipinski definition) is 2. The van der Waals surface area contributed by atoms with Gasteiger partial charge < -0.3 is 16.4 Å². The molecule has 0 atom stereocenters. The Labute approximate surface area is 101 Å². The number of rotatable bonds is 5. The summed E-state index contributed by atoms with van der Waals surface area (Å²) in [5, 5.41) is 5.50. The van der Waals surface area contributed by atoms with Crippen LogP contribution in [0, 0.1) is 0 Å². The first-order valence-corrected chi connectivity index (χ1v) is 5.49. The Kier molecular flexibility index (Phi) is 5.57. The number of benzene rings is 1. The summed E-state index contributed by atoms with van der Waals surface area (Å²) in [6, 6.07) is 10.0. The van der Waals surface area contributed by atoms with Crippen molar-refractivity contribution < 1.29 is 4.79 Å². The third kappa shape index (κ3) is 5.55. The van der Waals surface area contributed by atoms with Gasteiger partial charge in [0.15, 0.2) is 5.96 Å². The van der Waals surface area contributed by atoms with Gasteiger partial charge >= 0.3 is 0 Å². The molecule has 5 heteroatoms. The highest BCUT2D eigenvalue weighted by Crippen LogP contribution is 1.97. The minimum Gasteiger partial charge on any atom is -0.370 e. The second-order valence-electron chi connectivity index (χ2n) is 3.55. The molecule has 92 valence electrons. The van der Waals surface area contributed by atoms with Crippen LogP contribution in [0.25, 0.3) is 0 Å². The van der Waals surface area contributed by atoms with Crippen LogP contribution in [-0.2, 0) is 11.2 Å². The molecule has 4 N–H and O–H groups in total. The normalized spacial score (nSPS) is 11.0. The summed E-state index contributed by atoms with van der Waals surface area (Å²) in [4.78, 5) is 15.1. The molecule has 0 unspecified atom stereocenters. The zero-order chi connectivity index (χ0) is 12.5. The first-order valence-electron chi connectivity index (χ1n) is 5.49. The first kappa shape index (κ1) is 13.0. The molecule has 0 aromatic heterocycles. The third-order valence-corrected chi connectivity index (χ3v) is 2.25. The van der Waals surface area contributed by atoms with E-state index in [1.54, 1.807) is 7.05 Å². The zero-order valence-electron chi connectivity index (χ0n) is 9.94. The molecule has 1 amide bonds. The van der Waals surface area contributed by atoms with Gasteiger partial charge in [0.2, 0.25) is 5.91 Å². The SMILES string of the molecule is CN=C(N)NCC(=O)NCCc1ccccc1. The molecule has 0 radical (unpaired) electrons. The van der Waals surface area contributed by atoms with Crippen molar-refractivity contribution in [2.75, 3.05) is 20.1 Å². The van der Waals surface area contributed by atoms with E-state index < -0.39 is 0 Å². The van der Waals surface area contributed by atoms with Gasteiger partial charge in [0.25, 0.3) is 0 Å². The van der Waals surface area contributed by atoms with E-state index in [0.29, 0.717) is 6.54 Å². The van der Waals surface area contributed by atoms with Crippen LogP contribution in [0.3, 0.4) is 0 Å². The molecule has 0 saturated carbocycles. The van der Waals surface area contributed by atoms with Crippen LogP contribution in [0.1, 0.15) is 5.56 Å². The summed E-state index contributed by atoms with van der Waals surface area (Å²) < 4.78 is 0. The van der Waals surface area contributed by atoms with E-state index in [9.17, 15) is 4.79 Å². The quantitative estimate of drug-likeness (QED) is 0.491. The van der Waals surface area contributed by atoms with Crippen LogP contribution in [0.15, 0.2) is 35.3 Å². The highest BCUT2D eigenvalue weighted by molar-refractivity contribution is 5.85. The minimum absolute atomic E-state index is 0.0902. The maximum absolute atomic E-state index is 11.4. The summed E-state index contributed by atoms with van der Waals surface area (Å²) in [5.41, 5.74) is 6.60. The fourth-order valence-corrected chi connectivity index (χ4v) is 1.30. The van der Waals surface area contributed by atoms with Crippen molar-refractivity contribution in [2.45, 2.75) is 6.42 Å². The maximum Gasteiger partial charge on any atom is 0.239 e. The predicted molar refractivity (Wildman–Crippen MR) is 68.7 cm³/mol. The van der Waals surface area contributed by atoms with Gasteiger partial charge in [-0.1, -0.05) is 30.3 Å². The van der Waals surface area contributed by atoms with E-state index in [1.165, 1.54) is 5.56 Å². The Bertz CT molecular complexity index is 375. The van der Waals surface area contributed by atoms with Crippen molar-refractivity contribution in [1.82, 2.24) is 10.6 Å². The maximum atomic E-state index is 11.4. The lowest BCUT2D eigenvalue weighted by atomic mass is 10.1. The minimum atomic E-state index is -0.0902. The highest BCUT2D eigenvalue weighted by atomic mass is 16.1. The standard InChI is InChI=1S/C12H18N4O/c1-14-12(13)16-9-11(17)15-8-7-10-5-3-2-4-6-10/h2-6H,7-9H2,1H3,(H,15,17)(H3,13,14,16). The summed E-state index contributed by atoms with van der Waals surface area (Å²) in [6.45, 7) is 0.770. The number of nitrogens with one attached hydrogen (secondary N) is 2. The van der Waals surface area contributed by atoms with Crippen molar-refractivity contribution >= 4 is 11.9 Å². The van der Waals surface area contributed by atoms with Crippen LogP contribution in [-0.4, -0.2) is 32.0 Å². The number of nitrogens with two attached hydrogens (primary N) is 1. The average Bonchev–Trinajstić information content (AvgIpc) is 2.37. The van der Waals surface area contributed by atoms with Crippen LogP contribution in [0.2, 0.25) is 0 Å². The third-order valence-electron chi connectivity index (χ3n) is 2.25. The molecule has 0 aliphatic carbocycles. The molecule has 0 aliphatic heterocycles. The lowest BCUT2D eigenvalue weighted by molar-refractivity contribution is -0.119. The molecule has 1 aromatic rings. The first-order chi connectivity index (χ1) is 8.22. The molecule has 17 heavy (non-hydrogen) atoms. The number of nitrogens with zero attached hydrogens (tertiary/aromatic N) is 1.